The van der Waals surface area contributed by atoms with Crippen molar-refractivity contribution in [2.45, 2.75) is 27.7 Å². The predicted octanol–water partition coefficient (Wildman–Crippen LogP) is 14.3. The minimum Gasteiger partial charge on any atom is -0.309 e. The van der Waals surface area contributed by atoms with Crippen molar-refractivity contribution in [3.8, 4) is 73.2 Å². The average molecular weight is 777 g/mol. The summed E-state index contributed by atoms with van der Waals surface area (Å²) < 4.78 is 16.7. The van der Waals surface area contributed by atoms with Crippen LogP contribution in [0, 0.1) is 33.5 Å². The quantitative estimate of drug-likeness (QED) is 0.162. The summed E-state index contributed by atoms with van der Waals surface area (Å²) in [4.78, 5) is 15.3. The summed E-state index contributed by atoms with van der Waals surface area (Å²) in [6, 6.07) is 60.0. The van der Waals surface area contributed by atoms with Crippen molar-refractivity contribution in [2.24, 2.45) is 0 Å². The first-order valence-electron chi connectivity index (χ1n) is 20.3. The summed E-state index contributed by atoms with van der Waals surface area (Å²) in [5.74, 6) is 1.38. The Kier molecular flexibility index (Phi) is 9.22. The molecule has 2 aromatic heterocycles. The molecule has 0 radical (unpaired) electrons. The van der Waals surface area contributed by atoms with Crippen LogP contribution in [0.15, 0.2) is 176 Å². The molecule has 0 spiro atoms. The Bertz CT molecular complexity index is 3070. The van der Waals surface area contributed by atoms with Crippen LogP contribution < -0.4 is 0 Å². The van der Waals surface area contributed by atoms with Crippen LogP contribution in [0.25, 0.3) is 95.0 Å². The molecule has 0 aliphatic carbocycles. The van der Waals surface area contributed by atoms with Gasteiger partial charge in [-0.25, -0.2) is 19.3 Å². The molecule has 288 valence electrons. The van der Waals surface area contributed by atoms with Crippen LogP contribution in [0.5, 0.6) is 0 Å². The van der Waals surface area contributed by atoms with Gasteiger partial charge in [-0.3, -0.25) is 0 Å². The molecule has 0 bridgehead atoms. The second-order valence-electron chi connectivity index (χ2n) is 15.7. The molecule has 60 heavy (non-hydrogen) atoms. The molecule has 0 saturated carbocycles. The average Bonchev–Trinajstić information content (AvgIpc) is 3.60. The fraction of sp³-hybridized carbons (Fsp3) is 0.0727. The number of nitrogens with zero attached hydrogens (tertiary/aromatic N) is 4. The highest BCUT2D eigenvalue weighted by atomic mass is 19.1. The van der Waals surface area contributed by atoms with Gasteiger partial charge in [-0.1, -0.05) is 139 Å². The van der Waals surface area contributed by atoms with E-state index in [4.69, 9.17) is 15.0 Å². The molecular formula is C55H41FN4. The number of halogens is 1. The SMILES string of the molecule is Cc1ccc(-c2ccc3c(c2)c2cc(-c4ccc(C)cc4C)ccc2n3-c2ccc(-c3ccc(F)cc3)c(-c3nc(-c4ccccc4)nc(-c4ccccc4)n3)c2)c(C)c1. The van der Waals surface area contributed by atoms with Crippen molar-refractivity contribution in [2.75, 3.05) is 0 Å². The summed E-state index contributed by atoms with van der Waals surface area (Å²) in [6.45, 7) is 8.65. The Morgan fingerprint density at radius 2 is 0.833 bits per heavy atom. The molecule has 0 aliphatic heterocycles. The Labute approximate surface area is 349 Å². The molecule has 10 aromatic rings. The van der Waals surface area contributed by atoms with Gasteiger partial charge in [0, 0.05) is 33.2 Å². The molecular weight excluding hydrogens is 736 g/mol. The van der Waals surface area contributed by atoms with Crippen LogP contribution in [-0.2, 0) is 0 Å². The molecule has 0 N–H and O–H groups in total. The minimum absolute atomic E-state index is 0.291. The van der Waals surface area contributed by atoms with E-state index in [1.165, 1.54) is 56.6 Å². The monoisotopic (exact) mass is 776 g/mol. The Morgan fingerprint density at radius 3 is 1.33 bits per heavy atom. The molecule has 0 aliphatic rings. The first kappa shape index (κ1) is 36.8. The topological polar surface area (TPSA) is 43.6 Å². The number of benzene rings is 8. The van der Waals surface area contributed by atoms with Gasteiger partial charge in [0.1, 0.15) is 5.82 Å². The Morgan fingerprint density at radius 1 is 0.367 bits per heavy atom. The van der Waals surface area contributed by atoms with Crippen LogP contribution in [-0.4, -0.2) is 19.5 Å². The first-order chi connectivity index (χ1) is 29.3. The van der Waals surface area contributed by atoms with Crippen LogP contribution in [0.2, 0.25) is 0 Å². The summed E-state index contributed by atoms with van der Waals surface area (Å²) in [5.41, 5.74) is 17.2. The van der Waals surface area contributed by atoms with Gasteiger partial charge in [-0.05, 0) is 121 Å². The molecule has 0 atom stereocenters. The summed E-state index contributed by atoms with van der Waals surface area (Å²) in [7, 11) is 0. The largest absolute Gasteiger partial charge is 0.309 e. The van der Waals surface area contributed by atoms with Crippen molar-refractivity contribution in [3.05, 3.63) is 204 Å². The molecule has 2 heterocycles. The smallest absolute Gasteiger partial charge is 0.164 e. The van der Waals surface area contributed by atoms with E-state index in [0.717, 1.165) is 55.3 Å². The molecule has 0 amide bonds. The first-order valence-corrected chi connectivity index (χ1v) is 20.3. The van der Waals surface area contributed by atoms with E-state index in [1.807, 2.05) is 72.8 Å². The molecule has 8 aromatic carbocycles. The van der Waals surface area contributed by atoms with Crippen LogP contribution >= 0.6 is 0 Å². The highest BCUT2D eigenvalue weighted by molar-refractivity contribution is 6.12. The third kappa shape index (κ3) is 6.74. The van der Waals surface area contributed by atoms with Gasteiger partial charge in [0.15, 0.2) is 17.5 Å². The number of rotatable bonds is 7. The fourth-order valence-corrected chi connectivity index (χ4v) is 8.58. The zero-order valence-electron chi connectivity index (χ0n) is 33.9. The van der Waals surface area contributed by atoms with E-state index in [2.05, 4.69) is 123 Å². The summed E-state index contributed by atoms with van der Waals surface area (Å²) >= 11 is 0. The van der Waals surface area contributed by atoms with Crippen molar-refractivity contribution < 1.29 is 4.39 Å². The van der Waals surface area contributed by atoms with Gasteiger partial charge >= 0.3 is 0 Å². The highest BCUT2D eigenvalue weighted by Gasteiger charge is 2.20. The van der Waals surface area contributed by atoms with Crippen molar-refractivity contribution in [3.63, 3.8) is 0 Å². The Hall–Kier alpha value is -7.50. The van der Waals surface area contributed by atoms with Crippen LogP contribution in [0.1, 0.15) is 22.3 Å². The number of aromatic nitrogens is 4. The van der Waals surface area contributed by atoms with E-state index in [0.29, 0.717) is 17.5 Å². The number of fused-ring (bicyclic) bond motifs is 3. The van der Waals surface area contributed by atoms with Crippen molar-refractivity contribution in [1.82, 2.24) is 19.5 Å². The van der Waals surface area contributed by atoms with Gasteiger partial charge in [-0.2, -0.15) is 0 Å². The lowest BCUT2D eigenvalue weighted by molar-refractivity contribution is 0.628. The molecule has 0 fully saturated rings. The zero-order valence-corrected chi connectivity index (χ0v) is 33.9. The molecule has 0 unspecified atom stereocenters. The lowest BCUT2D eigenvalue weighted by atomic mass is 9.95. The molecule has 10 rings (SSSR count). The van der Waals surface area contributed by atoms with Crippen LogP contribution in [0.3, 0.4) is 0 Å². The zero-order chi connectivity index (χ0) is 40.9. The third-order valence-corrected chi connectivity index (χ3v) is 11.5. The third-order valence-electron chi connectivity index (χ3n) is 11.5. The second kappa shape index (κ2) is 15.0. The summed E-state index contributed by atoms with van der Waals surface area (Å²) in [6.07, 6.45) is 0. The predicted molar refractivity (Wildman–Crippen MR) is 246 cm³/mol. The van der Waals surface area contributed by atoms with Gasteiger partial charge in [-0.15, -0.1) is 0 Å². The maximum Gasteiger partial charge on any atom is 0.164 e. The van der Waals surface area contributed by atoms with Gasteiger partial charge in [0.2, 0.25) is 0 Å². The van der Waals surface area contributed by atoms with E-state index < -0.39 is 0 Å². The van der Waals surface area contributed by atoms with Crippen LogP contribution in [0.4, 0.5) is 4.39 Å². The molecule has 5 heteroatoms. The van der Waals surface area contributed by atoms with Crippen molar-refractivity contribution >= 4 is 21.8 Å². The van der Waals surface area contributed by atoms with E-state index in [-0.39, 0.29) is 5.82 Å². The van der Waals surface area contributed by atoms with Gasteiger partial charge in [0.25, 0.3) is 0 Å². The minimum atomic E-state index is -0.291. The fourth-order valence-electron chi connectivity index (χ4n) is 8.58. The van der Waals surface area contributed by atoms with Gasteiger partial charge in [0.05, 0.1) is 11.0 Å². The normalized spacial score (nSPS) is 11.4. The maximum absolute atomic E-state index is 14.4. The highest BCUT2D eigenvalue weighted by Crippen LogP contribution is 2.41. The molecule has 0 saturated heterocycles. The molecule has 4 nitrogen and oxygen atoms in total. The lowest BCUT2D eigenvalue weighted by Gasteiger charge is -2.16. The lowest BCUT2D eigenvalue weighted by Crippen LogP contribution is -2.02. The number of hydrogen-bond acceptors (Lipinski definition) is 3. The maximum atomic E-state index is 14.4. The summed E-state index contributed by atoms with van der Waals surface area (Å²) in [5, 5.41) is 2.33. The standard InChI is InChI=1S/C55H41FN4/c1-34-15-24-45(36(3)29-34)41-19-27-51-48(31-41)49-32-42(46-25-16-35(2)30-37(46)4)20-28-52(49)60(51)44-23-26-47(38-17-21-43(56)22-18-38)50(33-44)55-58-53(39-11-7-5-8-12-39)57-54(59-55)40-13-9-6-10-14-40/h5-33H,1-4H3. The second-order valence-corrected chi connectivity index (χ2v) is 15.7. The van der Waals surface area contributed by atoms with E-state index in [9.17, 15) is 4.39 Å². The van der Waals surface area contributed by atoms with Crippen molar-refractivity contribution in [1.29, 1.82) is 0 Å². The number of aryl methyl sites for hydroxylation is 4. The Balaban J connectivity index is 1.24. The van der Waals surface area contributed by atoms with E-state index in [1.54, 1.807) is 0 Å². The number of hydrogen-bond donors (Lipinski definition) is 0. The van der Waals surface area contributed by atoms with E-state index >= 15 is 0 Å². The van der Waals surface area contributed by atoms with Gasteiger partial charge < -0.3 is 4.57 Å².